The molecule has 0 bridgehead atoms. The molecule has 0 aliphatic heterocycles. The summed E-state index contributed by atoms with van der Waals surface area (Å²) in [5, 5.41) is 14.0. The molecule has 18 heavy (non-hydrogen) atoms. The summed E-state index contributed by atoms with van der Waals surface area (Å²) in [5.74, 6) is 0.264. The van der Waals surface area contributed by atoms with Gasteiger partial charge in [0, 0.05) is 5.38 Å². The molecule has 2 rings (SSSR count). The number of anilines is 1. The molecule has 94 valence electrons. The number of benzene rings is 1. The predicted molar refractivity (Wildman–Crippen MR) is 70.8 cm³/mol. The van der Waals surface area contributed by atoms with E-state index in [9.17, 15) is 4.79 Å². The van der Waals surface area contributed by atoms with Crippen LogP contribution in [0, 0.1) is 0 Å². The van der Waals surface area contributed by atoms with E-state index in [2.05, 4.69) is 10.3 Å². The van der Waals surface area contributed by atoms with Crippen molar-refractivity contribution < 1.29 is 9.90 Å². The lowest BCUT2D eigenvalue weighted by molar-refractivity contribution is 0.259. The van der Waals surface area contributed by atoms with Crippen LogP contribution in [0.25, 0.3) is 0 Å². The zero-order valence-corrected chi connectivity index (χ0v) is 10.4. The number of aromatic hydroxyl groups is 1. The van der Waals surface area contributed by atoms with Crippen molar-refractivity contribution in [2.75, 3.05) is 5.32 Å². The standard InChI is InChI=1S/C12H13N3O2S/c13-11(17)15-12-14-9(7-18-12)4-1-8-2-5-10(16)6-3-8/h2-3,5-7,16H,1,4H2,(H3,13,14,15,17). The maximum atomic E-state index is 10.6. The van der Waals surface area contributed by atoms with Crippen molar-refractivity contribution in [3.8, 4) is 5.75 Å². The van der Waals surface area contributed by atoms with Gasteiger partial charge in [0.15, 0.2) is 5.13 Å². The van der Waals surface area contributed by atoms with Gasteiger partial charge in [-0.15, -0.1) is 11.3 Å². The Labute approximate surface area is 108 Å². The first kappa shape index (κ1) is 12.4. The third-order valence-corrected chi connectivity index (χ3v) is 3.19. The Morgan fingerprint density at radius 1 is 1.33 bits per heavy atom. The highest BCUT2D eigenvalue weighted by atomic mass is 32.1. The minimum absolute atomic E-state index is 0.264. The molecular formula is C12H13N3O2S. The lowest BCUT2D eigenvalue weighted by Crippen LogP contribution is -2.19. The molecule has 2 amide bonds. The molecule has 0 unspecified atom stereocenters. The quantitative estimate of drug-likeness (QED) is 0.789. The lowest BCUT2D eigenvalue weighted by atomic mass is 10.1. The summed E-state index contributed by atoms with van der Waals surface area (Å²) in [6.07, 6.45) is 1.61. The number of aromatic nitrogens is 1. The summed E-state index contributed by atoms with van der Waals surface area (Å²) in [7, 11) is 0. The minimum Gasteiger partial charge on any atom is -0.508 e. The van der Waals surface area contributed by atoms with Crippen molar-refractivity contribution in [1.82, 2.24) is 4.98 Å². The number of hydrogen-bond acceptors (Lipinski definition) is 4. The maximum absolute atomic E-state index is 10.6. The molecule has 2 aromatic rings. The number of thiazole rings is 1. The van der Waals surface area contributed by atoms with Crippen LogP contribution in [0.4, 0.5) is 9.93 Å². The molecular weight excluding hydrogens is 250 g/mol. The molecule has 4 N–H and O–H groups in total. The van der Waals surface area contributed by atoms with Crippen LogP contribution in [0.15, 0.2) is 29.6 Å². The number of nitrogens with zero attached hydrogens (tertiary/aromatic N) is 1. The summed E-state index contributed by atoms with van der Waals surface area (Å²) in [6, 6.07) is 6.48. The summed E-state index contributed by atoms with van der Waals surface area (Å²) < 4.78 is 0. The summed E-state index contributed by atoms with van der Waals surface area (Å²) >= 11 is 1.35. The highest BCUT2D eigenvalue weighted by Gasteiger charge is 2.04. The Hall–Kier alpha value is -2.08. The van der Waals surface area contributed by atoms with Crippen LogP contribution in [0.3, 0.4) is 0 Å². The Bertz CT molecular complexity index is 537. The number of urea groups is 1. The van der Waals surface area contributed by atoms with E-state index in [-0.39, 0.29) is 5.75 Å². The number of carbonyl (C=O) groups excluding carboxylic acids is 1. The van der Waals surface area contributed by atoms with Gasteiger partial charge in [-0.1, -0.05) is 12.1 Å². The van der Waals surface area contributed by atoms with E-state index in [1.54, 1.807) is 12.1 Å². The predicted octanol–water partition coefficient (Wildman–Crippen LogP) is 2.12. The molecule has 0 atom stereocenters. The SMILES string of the molecule is NC(=O)Nc1nc(CCc2ccc(O)cc2)cs1. The molecule has 0 radical (unpaired) electrons. The fraction of sp³-hybridized carbons (Fsp3) is 0.167. The number of phenolic OH excluding ortho intramolecular Hbond substituents is 1. The topological polar surface area (TPSA) is 88.2 Å². The van der Waals surface area contributed by atoms with Crippen molar-refractivity contribution in [2.45, 2.75) is 12.8 Å². The van der Waals surface area contributed by atoms with Crippen molar-refractivity contribution in [1.29, 1.82) is 0 Å². The lowest BCUT2D eigenvalue weighted by Gasteiger charge is -1.99. The number of nitrogens with one attached hydrogen (secondary N) is 1. The van der Waals surface area contributed by atoms with E-state index in [4.69, 9.17) is 10.8 Å². The average Bonchev–Trinajstić information content (AvgIpc) is 2.75. The number of rotatable bonds is 4. The van der Waals surface area contributed by atoms with Gasteiger partial charge in [0.1, 0.15) is 5.75 Å². The van der Waals surface area contributed by atoms with E-state index in [0.717, 1.165) is 24.1 Å². The Morgan fingerprint density at radius 3 is 2.72 bits per heavy atom. The monoisotopic (exact) mass is 263 g/mol. The number of carbonyl (C=O) groups is 1. The van der Waals surface area contributed by atoms with E-state index in [1.807, 2.05) is 17.5 Å². The first-order valence-corrected chi connectivity index (χ1v) is 6.30. The molecule has 1 aromatic carbocycles. The first-order chi connectivity index (χ1) is 8.63. The summed E-state index contributed by atoms with van der Waals surface area (Å²) in [6.45, 7) is 0. The second-order valence-corrected chi connectivity index (χ2v) is 4.66. The van der Waals surface area contributed by atoms with Crippen molar-refractivity contribution in [3.63, 3.8) is 0 Å². The smallest absolute Gasteiger partial charge is 0.318 e. The molecule has 0 saturated carbocycles. The highest BCUT2D eigenvalue weighted by molar-refractivity contribution is 7.13. The fourth-order valence-electron chi connectivity index (χ4n) is 1.52. The molecule has 0 saturated heterocycles. The number of aryl methyl sites for hydroxylation is 2. The Kier molecular flexibility index (Phi) is 3.78. The third-order valence-electron chi connectivity index (χ3n) is 2.39. The second-order valence-electron chi connectivity index (χ2n) is 3.80. The van der Waals surface area contributed by atoms with Crippen molar-refractivity contribution >= 4 is 22.5 Å². The van der Waals surface area contributed by atoms with Gasteiger partial charge in [0.2, 0.25) is 0 Å². The average molecular weight is 263 g/mol. The van der Waals surface area contributed by atoms with Crippen molar-refractivity contribution in [3.05, 3.63) is 40.9 Å². The van der Waals surface area contributed by atoms with Gasteiger partial charge in [-0.05, 0) is 30.5 Å². The van der Waals surface area contributed by atoms with Crippen LogP contribution in [0.1, 0.15) is 11.3 Å². The van der Waals surface area contributed by atoms with Gasteiger partial charge in [0.25, 0.3) is 0 Å². The summed E-state index contributed by atoms with van der Waals surface area (Å²) in [5.41, 5.74) is 7.05. The molecule has 0 aliphatic carbocycles. The van der Waals surface area contributed by atoms with Gasteiger partial charge < -0.3 is 10.8 Å². The second kappa shape index (κ2) is 5.50. The molecule has 5 nitrogen and oxygen atoms in total. The zero-order valence-electron chi connectivity index (χ0n) is 9.59. The van der Waals surface area contributed by atoms with Gasteiger partial charge in [0.05, 0.1) is 5.69 Å². The van der Waals surface area contributed by atoms with Gasteiger partial charge >= 0.3 is 6.03 Å². The van der Waals surface area contributed by atoms with Crippen LogP contribution in [0.5, 0.6) is 5.75 Å². The maximum Gasteiger partial charge on any atom is 0.318 e. The number of phenols is 1. The fourth-order valence-corrected chi connectivity index (χ4v) is 2.27. The van der Waals surface area contributed by atoms with Crippen molar-refractivity contribution in [2.24, 2.45) is 5.73 Å². The third kappa shape index (κ3) is 3.46. The van der Waals surface area contributed by atoms with Crippen LogP contribution in [-0.4, -0.2) is 16.1 Å². The van der Waals surface area contributed by atoms with Crippen LogP contribution in [0.2, 0.25) is 0 Å². The molecule has 0 spiro atoms. The zero-order chi connectivity index (χ0) is 13.0. The Balaban J connectivity index is 1.92. The Morgan fingerprint density at radius 2 is 2.06 bits per heavy atom. The van der Waals surface area contributed by atoms with Crippen LogP contribution < -0.4 is 11.1 Å². The molecule has 6 heteroatoms. The molecule has 0 fully saturated rings. The van der Waals surface area contributed by atoms with E-state index in [0.29, 0.717) is 5.13 Å². The number of hydrogen-bond donors (Lipinski definition) is 3. The molecule has 1 heterocycles. The molecule has 0 aliphatic rings. The highest BCUT2D eigenvalue weighted by Crippen LogP contribution is 2.17. The van der Waals surface area contributed by atoms with Crippen LogP contribution in [-0.2, 0) is 12.8 Å². The van der Waals surface area contributed by atoms with Crippen LogP contribution >= 0.6 is 11.3 Å². The normalized spacial score (nSPS) is 10.2. The van der Waals surface area contributed by atoms with Gasteiger partial charge in [-0.25, -0.2) is 9.78 Å². The van der Waals surface area contributed by atoms with E-state index >= 15 is 0 Å². The minimum atomic E-state index is -0.602. The molecule has 1 aromatic heterocycles. The number of primary amides is 1. The summed E-state index contributed by atoms with van der Waals surface area (Å²) in [4.78, 5) is 14.9. The first-order valence-electron chi connectivity index (χ1n) is 5.42. The van der Waals surface area contributed by atoms with E-state index in [1.165, 1.54) is 11.3 Å². The van der Waals surface area contributed by atoms with E-state index < -0.39 is 6.03 Å². The largest absolute Gasteiger partial charge is 0.508 e. The van der Waals surface area contributed by atoms with Gasteiger partial charge in [-0.2, -0.15) is 0 Å². The number of amides is 2. The number of nitrogens with two attached hydrogens (primary N) is 1. The van der Waals surface area contributed by atoms with Gasteiger partial charge in [-0.3, -0.25) is 5.32 Å².